The lowest BCUT2D eigenvalue weighted by atomic mass is 10.1. The Morgan fingerprint density at radius 3 is 2.60 bits per heavy atom. The maximum Gasteiger partial charge on any atom is 0.326 e. The molecule has 1 aromatic rings. The van der Waals surface area contributed by atoms with Crippen LogP contribution < -0.4 is 11.1 Å². The van der Waals surface area contributed by atoms with Crippen LogP contribution in [0.25, 0.3) is 0 Å². The molecule has 0 aliphatic carbocycles. The van der Waals surface area contributed by atoms with E-state index in [0.29, 0.717) is 5.69 Å². The van der Waals surface area contributed by atoms with E-state index in [4.69, 9.17) is 26.2 Å². The number of rotatable bonds is 6. The average molecular weight is 289 g/mol. The predicted molar refractivity (Wildman–Crippen MR) is 64.3 cm³/mol. The molecule has 20 heavy (non-hydrogen) atoms. The third kappa shape index (κ3) is 8.41. The SMILES string of the molecule is NCCC(=O)N[C@@H](Cc1cnc[nH]1)C(=O)O.O=[N+]([O-])O. The van der Waals surface area contributed by atoms with Crippen LogP contribution >= 0.6 is 0 Å². The number of carbonyl (C=O) groups is 2. The molecular weight excluding hydrogens is 274 g/mol. The lowest BCUT2D eigenvalue weighted by Crippen LogP contribution is -2.42. The van der Waals surface area contributed by atoms with Crippen LogP contribution in [0.15, 0.2) is 12.5 Å². The normalized spacial score (nSPS) is 10.8. The topological polar surface area (TPSA) is 184 Å². The number of nitrogens with zero attached hydrogens (tertiary/aromatic N) is 2. The minimum Gasteiger partial charge on any atom is -0.480 e. The summed E-state index contributed by atoms with van der Waals surface area (Å²) in [5, 5.41) is 24.9. The van der Waals surface area contributed by atoms with E-state index in [9.17, 15) is 9.59 Å². The molecule has 1 atom stereocenters. The zero-order valence-electron chi connectivity index (χ0n) is 10.4. The van der Waals surface area contributed by atoms with Crippen LogP contribution in [0.1, 0.15) is 12.1 Å². The highest BCUT2D eigenvalue weighted by molar-refractivity contribution is 5.83. The van der Waals surface area contributed by atoms with Crippen LogP contribution in [0.5, 0.6) is 0 Å². The smallest absolute Gasteiger partial charge is 0.326 e. The van der Waals surface area contributed by atoms with E-state index in [0.717, 1.165) is 0 Å². The number of amides is 1. The van der Waals surface area contributed by atoms with E-state index in [-0.39, 0.29) is 25.3 Å². The van der Waals surface area contributed by atoms with E-state index < -0.39 is 17.1 Å². The first-order chi connectivity index (χ1) is 9.36. The Hall–Kier alpha value is -2.69. The Balaban J connectivity index is 0.000000796. The number of carbonyl (C=O) groups excluding carboxylic acids is 1. The molecule has 1 rings (SSSR count). The number of aromatic amines is 1. The van der Waals surface area contributed by atoms with Gasteiger partial charge in [0.1, 0.15) is 6.04 Å². The van der Waals surface area contributed by atoms with Gasteiger partial charge in [0.15, 0.2) is 0 Å². The van der Waals surface area contributed by atoms with Crippen molar-refractivity contribution in [1.82, 2.24) is 15.3 Å². The van der Waals surface area contributed by atoms with Crippen molar-refractivity contribution in [2.45, 2.75) is 18.9 Å². The summed E-state index contributed by atoms with van der Waals surface area (Å²) in [6.45, 7) is 0.197. The van der Waals surface area contributed by atoms with Crippen molar-refractivity contribution in [3.8, 4) is 0 Å². The number of hydrogen-bond acceptors (Lipinski definition) is 6. The van der Waals surface area contributed by atoms with Gasteiger partial charge in [0, 0.05) is 31.3 Å². The van der Waals surface area contributed by atoms with Crippen LogP contribution in [-0.4, -0.2) is 49.8 Å². The lowest BCUT2D eigenvalue weighted by molar-refractivity contribution is -0.742. The predicted octanol–water partition coefficient (Wildman–Crippen LogP) is -1.48. The number of aromatic nitrogens is 2. The molecule has 0 saturated heterocycles. The van der Waals surface area contributed by atoms with Crippen molar-refractivity contribution < 1.29 is 25.0 Å². The molecule has 0 radical (unpaired) electrons. The highest BCUT2D eigenvalue weighted by Gasteiger charge is 2.20. The average Bonchev–Trinajstić information content (AvgIpc) is 2.80. The third-order valence-electron chi connectivity index (χ3n) is 1.98. The van der Waals surface area contributed by atoms with Gasteiger partial charge in [-0.2, -0.15) is 0 Å². The summed E-state index contributed by atoms with van der Waals surface area (Å²) in [4.78, 5) is 37.0. The van der Waals surface area contributed by atoms with E-state index in [1.807, 2.05) is 0 Å². The molecule has 1 heterocycles. The van der Waals surface area contributed by atoms with Gasteiger partial charge in [-0.05, 0) is 0 Å². The van der Waals surface area contributed by atoms with Gasteiger partial charge in [-0.1, -0.05) is 0 Å². The van der Waals surface area contributed by atoms with Gasteiger partial charge in [0.05, 0.1) is 6.33 Å². The molecular formula is C9H15N5O6. The van der Waals surface area contributed by atoms with Crippen molar-refractivity contribution in [3.63, 3.8) is 0 Å². The highest BCUT2D eigenvalue weighted by atomic mass is 16.9. The molecule has 1 aromatic heterocycles. The van der Waals surface area contributed by atoms with Gasteiger partial charge in [-0.25, -0.2) is 9.78 Å². The zero-order valence-corrected chi connectivity index (χ0v) is 10.4. The Bertz CT molecular complexity index is 430. The Morgan fingerprint density at radius 1 is 1.60 bits per heavy atom. The van der Waals surface area contributed by atoms with Crippen molar-refractivity contribution in [2.24, 2.45) is 5.73 Å². The molecule has 11 nitrogen and oxygen atoms in total. The second kappa shape index (κ2) is 9.27. The van der Waals surface area contributed by atoms with Gasteiger partial charge < -0.3 is 26.3 Å². The Kier molecular flexibility index (Phi) is 8.02. The van der Waals surface area contributed by atoms with Crippen LogP contribution in [0.3, 0.4) is 0 Å². The van der Waals surface area contributed by atoms with E-state index >= 15 is 0 Å². The minimum atomic E-state index is -1.50. The van der Waals surface area contributed by atoms with Crippen LogP contribution in [0.4, 0.5) is 0 Å². The number of carboxylic acids is 1. The standard InChI is InChI=1S/C9H14N4O3.HNO3/c10-2-1-8(14)13-7(9(15)16)3-6-4-11-5-12-6;2-1(3)4/h4-5,7H,1-3,10H2,(H,11,12)(H,13,14)(H,15,16);(H,2,3,4)/t7-;/m0./s1. The summed E-state index contributed by atoms with van der Waals surface area (Å²) in [5.41, 5.74) is 5.85. The number of carboxylic acid groups (broad SMARTS) is 1. The zero-order chi connectivity index (χ0) is 15.5. The molecule has 0 bridgehead atoms. The molecule has 0 aliphatic rings. The Labute approximate surface area is 112 Å². The third-order valence-corrected chi connectivity index (χ3v) is 1.98. The summed E-state index contributed by atoms with van der Waals surface area (Å²) in [6, 6.07) is -0.959. The first-order valence-corrected chi connectivity index (χ1v) is 5.39. The quantitative estimate of drug-likeness (QED) is 0.310. The van der Waals surface area contributed by atoms with E-state index in [1.165, 1.54) is 12.5 Å². The van der Waals surface area contributed by atoms with Crippen LogP contribution in [0, 0.1) is 10.1 Å². The van der Waals surface area contributed by atoms with Crippen molar-refractivity contribution >= 4 is 11.9 Å². The van der Waals surface area contributed by atoms with Gasteiger partial charge in [0.25, 0.3) is 5.09 Å². The largest absolute Gasteiger partial charge is 0.480 e. The molecule has 0 fully saturated rings. The van der Waals surface area contributed by atoms with Crippen molar-refractivity contribution in [2.75, 3.05) is 6.54 Å². The van der Waals surface area contributed by atoms with Gasteiger partial charge in [0.2, 0.25) is 5.91 Å². The second-order valence-electron chi connectivity index (χ2n) is 3.52. The fourth-order valence-electron chi connectivity index (χ4n) is 1.21. The number of aliphatic carboxylic acids is 1. The molecule has 6 N–H and O–H groups in total. The summed E-state index contributed by atoms with van der Waals surface area (Å²) < 4.78 is 0. The molecule has 0 saturated carbocycles. The number of imidazole rings is 1. The second-order valence-corrected chi connectivity index (χ2v) is 3.52. The summed E-state index contributed by atoms with van der Waals surface area (Å²) in [7, 11) is 0. The number of nitrogens with two attached hydrogens (primary N) is 1. The molecule has 0 spiro atoms. The van der Waals surface area contributed by atoms with E-state index in [2.05, 4.69) is 15.3 Å². The summed E-state index contributed by atoms with van der Waals surface area (Å²) in [6.07, 6.45) is 3.26. The highest BCUT2D eigenvalue weighted by Crippen LogP contribution is 1.99. The van der Waals surface area contributed by atoms with Gasteiger partial charge in [-0.15, -0.1) is 10.1 Å². The maximum atomic E-state index is 11.2. The molecule has 112 valence electrons. The van der Waals surface area contributed by atoms with Crippen molar-refractivity contribution in [1.29, 1.82) is 0 Å². The lowest BCUT2D eigenvalue weighted by Gasteiger charge is -2.13. The fraction of sp³-hybridized carbons (Fsp3) is 0.444. The minimum absolute atomic E-state index is 0.118. The van der Waals surface area contributed by atoms with Crippen LogP contribution in [-0.2, 0) is 16.0 Å². The van der Waals surface area contributed by atoms with Crippen molar-refractivity contribution in [3.05, 3.63) is 28.3 Å². The van der Waals surface area contributed by atoms with E-state index in [1.54, 1.807) is 0 Å². The number of nitrogens with one attached hydrogen (secondary N) is 2. The number of H-pyrrole nitrogens is 1. The maximum absolute atomic E-state index is 11.2. The molecule has 0 aromatic carbocycles. The molecule has 0 aliphatic heterocycles. The summed E-state index contributed by atoms with van der Waals surface area (Å²) in [5.74, 6) is -1.45. The Morgan fingerprint density at radius 2 is 2.20 bits per heavy atom. The first-order valence-electron chi connectivity index (χ1n) is 5.39. The fourth-order valence-corrected chi connectivity index (χ4v) is 1.21. The summed E-state index contributed by atoms with van der Waals surface area (Å²) >= 11 is 0. The van der Waals surface area contributed by atoms with Gasteiger partial charge >= 0.3 is 5.97 Å². The monoisotopic (exact) mass is 289 g/mol. The van der Waals surface area contributed by atoms with Gasteiger partial charge in [-0.3, -0.25) is 4.79 Å². The molecule has 11 heteroatoms. The molecule has 0 unspecified atom stereocenters. The number of hydrogen-bond donors (Lipinski definition) is 5. The first kappa shape index (κ1) is 17.3. The molecule has 1 amide bonds. The van der Waals surface area contributed by atoms with Crippen LogP contribution in [0.2, 0.25) is 0 Å².